The SMILES string of the molecule is CCOC(=O)c1nc(C(=O)NCCC2CCCO2)cs1. The maximum atomic E-state index is 11.9. The highest BCUT2D eigenvalue weighted by molar-refractivity contribution is 7.11. The van der Waals surface area contributed by atoms with Crippen LogP contribution in [0.5, 0.6) is 0 Å². The monoisotopic (exact) mass is 298 g/mol. The van der Waals surface area contributed by atoms with Crippen LogP contribution in [-0.4, -0.2) is 42.7 Å². The van der Waals surface area contributed by atoms with Crippen LogP contribution < -0.4 is 5.32 Å². The Morgan fingerprint density at radius 2 is 2.45 bits per heavy atom. The van der Waals surface area contributed by atoms with E-state index in [1.807, 2.05) is 0 Å². The zero-order valence-electron chi connectivity index (χ0n) is 11.4. The Morgan fingerprint density at radius 1 is 1.60 bits per heavy atom. The maximum absolute atomic E-state index is 11.9. The highest BCUT2D eigenvalue weighted by Gasteiger charge is 2.18. The van der Waals surface area contributed by atoms with Crippen molar-refractivity contribution in [1.29, 1.82) is 0 Å². The lowest BCUT2D eigenvalue weighted by atomic mass is 10.2. The van der Waals surface area contributed by atoms with Crippen molar-refractivity contribution >= 4 is 23.2 Å². The first-order valence-corrected chi connectivity index (χ1v) is 7.61. The molecule has 1 atom stereocenters. The quantitative estimate of drug-likeness (QED) is 0.807. The van der Waals surface area contributed by atoms with Gasteiger partial charge in [-0.15, -0.1) is 11.3 Å². The minimum Gasteiger partial charge on any atom is -0.461 e. The lowest BCUT2D eigenvalue weighted by molar-refractivity contribution is 0.0526. The Balaban J connectivity index is 1.78. The zero-order valence-corrected chi connectivity index (χ0v) is 12.2. The summed E-state index contributed by atoms with van der Waals surface area (Å²) < 4.78 is 10.3. The Labute approximate surface area is 121 Å². The second-order valence-electron chi connectivity index (χ2n) is 4.44. The van der Waals surface area contributed by atoms with E-state index in [1.54, 1.807) is 12.3 Å². The smallest absolute Gasteiger partial charge is 0.367 e. The van der Waals surface area contributed by atoms with E-state index >= 15 is 0 Å². The first kappa shape index (κ1) is 14.9. The fourth-order valence-electron chi connectivity index (χ4n) is 1.97. The molecule has 1 N–H and O–H groups in total. The van der Waals surface area contributed by atoms with Gasteiger partial charge in [0, 0.05) is 18.5 Å². The topological polar surface area (TPSA) is 77.5 Å². The molecule has 0 radical (unpaired) electrons. The Hall–Kier alpha value is -1.47. The highest BCUT2D eigenvalue weighted by Crippen LogP contribution is 2.15. The van der Waals surface area contributed by atoms with Gasteiger partial charge in [-0.1, -0.05) is 0 Å². The Kier molecular flexibility index (Phi) is 5.49. The van der Waals surface area contributed by atoms with Crippen molar-refractivity contribution < 1.29 is 19.1 Å². The average molecular weight is 298 g/mol. The maximum Gasteiger partial charge on any atom is 0.367 e. The summed E-state index contributed by atoms with van der Waals surface area (Å²) in [6, 6.07) is 0. The molecule has 0 aromatic carbocycles. The van der Waals surface area contributed by atoms with Crippen LogP contribution in [0.25, 0.3) is 0 Å². The normalized spacial score (nSPS) is 17.9. The van der Waals surface area contributed by atoms with Gasteiger partial charge in [0.15, 0.2) is 0 Å². The van der Waals surface area contributed by atoms with E-state index in [1.165, 1.54) is 0 Å². The van der Waals surface area contributed by atoms with Gasteiger partial charge in [0.2, 0.25) is 5.01 Å². The van der Waals surface area contributed by atoms with Crippen molar-refractivity contribution in [3.63, 3.8) is 0 Å². The molecule has 20 heavy (non-hydrogen) atoms. The molecule has 0 spiro atoms. The number of amides is 1. The highest BCUT2D eigenvalue weighted by atomic mass is 32.1. The molecule has 1 aliphatic heterocycles. The molecular weight excluding hydrogens is 280 g/mol. The van der Waals surface area contributed by atoms with Gasteiger partial charge in [0.25, 0.3) is 5.91 Å². The minimum atomic E-state index is -0.490. The van der Waals surface area contributed by atoms with Gasteiger partial charge in [0.1, 0.15) is 5.69 Å². The van der Waals surface area contributed by atoms with Crippen LogP contribution in [0.3, 0.4) is 0 Å². The van der Waals surface area contributed by atoms with Crippen molar-refractivity contribution in [2.24, 2.45) is 0 Å². The van der Waals surface area contributed by atoms with E-state index in [0.29, 0.717) is 13.2 Å². The van der Waals surface area contributed by atoms with Gasteiger partial charge in [-0.25, -0.2) is 9.78 Å². The number of rotatable bonds is 6. The minimum absolute atomic E-state index is 0.205. The number of aromatic nitrogens is 1. The molecule has 1 aromatic rings. The number of nitrogens with zero attached hydrogens (tertiary/aromatic N) is 1. The number of thiazole rings is 1. The number of esters is 1. The number of nitrogens with one attached hydrogen (secondary N) is 1. The first-order chi connectivity index (χ1) is 9.70. The van der Waals surface area contributed by atoms with E-state index < -0.39 is 5.97 Å². The van der Waals surface area contributed by atoms with Gasteiger partial charge in [0.05, 0.1) is 12.7 Å². The molecule has 1 aromatic heterocycles. The predicted octanol–water partition coefficient (Wildman–Crippen LogP) is 1.62. The molecule has 1 aliphatic rings. The Bertz CT molecular complexity index is 469. The second-order valence-corrected chi connectivity index (χ2v) is 5.30. The van der Waals surface area contributed by atoms with E-state index in [4.69, 9.17) is 9.47 Å². The summed E-state index contributed by atoms with van der Waals surface area (Å²) in [5.74, 6) is -0.759. The summed E-state index contributed by atoms with van der Waals surface area (Å²) in [4.78, 5) is 27.3. The molecule has 1 unspecified atom stereocenters. The standard InChI is InChI=1S/C13H18N2O4S/c1-2-18-13(17)12-15-10(8-20-12)11(16)14-6-5-9-4-3-7-19-9/h8-9H,2-7H2,1H3,(H,14,16). The Morgan fingerprint density at radius 3 is 3.15 bits per heavy atom. The molecule has 0 aliphatic carbocycles. The number of carbonyl (C=O) groups excluding carboxylic acids is 2. The van der Waals surface area contributed by atoms with Crippen LogP contribution in [0.15, 0.2) is 5.38 Å². The van der Waals surface area contributed by atoms with Crippen LogP contribution >= 0.6 is 11.3 Å². The number of ether oxygens (including phenoxy) is 2. The molecule has 2 heterocycles. The zero-order chi connectivity index (χ0) is 14.4. The van der Waals surface area contributed by atoms with Crippen LogP contribution in [0.2, 0.25) is 0 Å². The molecule has 1 fully saturated rings. The fourth-order valence-corrected chi connectivity index (χ4v) is 2.66. The van der Waals surface area contributed by atoms with Crippen LogP contribution in [0.1, 0.15) is 46.5 Å². The van der Waals surface area contributed by atoms with Crippen LogP contribution in [0, 0.1) is 0 Å². The van der Waals surface area contributed by atoms with Gasteiger partial charge in [-0.3, -0.25) is 4.79 Å². The number of carbonyl (C=O) groups is 2. The van der Waals surface area contributed by atoms with Gasteiger partial charge >= 0.3 is 5.97 Å². The summed E-state index contributed by atoms with van der Waals surface area (Å²) in [6.07, 6.45) is 3.20. The molecule has 1 saturated heterocycles. The van der Waals surface area contributed by atoms with Gasteiger partial charge in [-0.05, 0) is 26.2 Å². The molecule has 6 nitrogen and oxygen atoms in total. The number of hydrogen-bond acceptors (Lipinski definition) is 6. The molecule has 7 heteroatoms. The third-order valence-electron chi connectivity index (χ3n) is 2.96. The largest absolute Gasteiger partial charge is 0.461 e. The molecule has 0 saturated carbocycles. The molecule has 0 bridgehead atoms. The van der Waals surface area contributed by atoms with Crippen molar-refractivity contribution in [1.82, 2.24) is 10.3 Å². The third-order valence-corrected chi connectivity index (χ3v) is 3.79. The molecule has 2 rings (SSSR count). The summed E-state index contributed by atoms with van der Waals surface area (Å²) in [5, 5.41) is 4.55. The van der Waals surface area contributed by atoms with Gasteiger partial charge in [-0.2, -0.15) is 0 Å². The molecular formula is C13H18N2O4S. The lowest BCUT2D eigenvalue weighted by Gasteiger charge is -2.09. The van der Waals surface area contributed by atoms with E-state index in [2.05, 4.69) is 10.3 Å². The number of hydrogen-bond donors (Lipinski definition) is 1. The lowest BCUT2D eigenvalue weighted by Crippen LogP contribution is -2.27. The van der Waals surface area contributed by atoms with Crippen LogP contribution in [0.4, 0.5) is 0 Å². The third kappa shape index (κ3) is 4.01. The van der Waals surface area contributed by atoms with E-state index in [0.717, 1.165) is 37.2 Å². The summed E-state index contributed by atoms with van der Waals surface area (Å²) in [6.45, 7) is 3.38. The predicted molar refractivity (Wildman–Crippen MR) is 74.0 cm³/mol. The van der Waals surface area contributed by atoms with Crippen molar-refractivity contribution in [3.8, 4) is 0 Å². The summed E-state index contributed by atoms with van der Waals surface area (Å²) in [5.41, 5.74) is 0.255. The van der Waals surface area contributed by atoms with E-state index in [-0.39, 0.29) is 22.7 Å². The average Bonchev–Trinajstić information content (AvgIpc) is 3.10. The fraction of sp³-hybridized carbons (Fsp3) is 0.615. The van der Waals surface area contributed by atoms with E-state index in [9.17, 15) is 9.59 Å². The first-order valence-electron chi connectivity index (χ1n) is 6.73. The summed E-state index contributed by atoms with van der Waals surface area (Å²) in [7, 11) is 0. The van der Waals surface area contributed by atoms with Gasteiger partial charge < -0.3 is 14.8 Å². The summed E-state index contributed by atoms with van der Waals surface area (Å²) >= 11 is 1.11. The van der Waals surface area contributed by atoms with Crippen molar-refractivity contribution in [2.75, 3.05) is 19.8 Å². The van der Waals surface area contributed by atoms with Crippen molar-refractivity contribution in [3.05, 3.63) is 16.1 Å². The molecule has 1 amide bonds. The molecule has 110 valence electrons. The van der Waals surface area contributed by atoms with Crippen molar-refractivity contribution in [2.45, 2.75) is 32.3 Å². The second kappa shape index (κ2) is 7.35. The van der Waals surface area contributed by atoms with Crippen LogP contribution in [-0.2, 0) is 9.47 Å².